The Kier molecular flexibility index (Phi) is 3.43. The lowest BCUT2D eigenvalue weighted by Crippen LogP contribution is -2.08. The second-order valence-electron chi connectivity index (χ2n) is 4.55. The van der Waals surface area contributed by atoms with Crippen LogP contribution in [0.3, 0.4) is 0 Å². The molecule has 2 heterocycles. The number of aryl methyl sites for hydroxylation is 1. The number of hydrogen-bond acceptors (Lipinski definition) is 4. The molecule has 0 saturated carbocycles. The third-order valence-electron chi connectivity index (χ3n) is 3.36. The largest absolute Gasteiger partial charge is 0.254 e. The quantitative estimate of drug-likeness (QED) is 0.595. The van der Waals surface area contributed by atoms with Gasteiger partial charge in [-0.1, -0.05) is 36.2 Å². The molecule has 0 N–H and O–H groups in total. The van der Waals surface area contributed by atoms with Crippen LogP contribution in [-0.2, 0) is 12.8 Å². The van der Waals surface area contributed by atoms with Gasteiger partial charge in [0, 0.05) is 5.56 Å². The average molecular weight is 283 g/mol. The number of aromatic nitrogens is 4. The second-order valence-corrected chi connectivity index (χ2v) is 5.68. The standard InChI is InChI=1S/C12H15ClN4S/c1-18-12-15-11-14-9-7-5-3-2-4-6-8(9)10(13)17(11)16-12/h2-7H2,1H3. The summed E-state index contributed by atoms with van der Waals surface area (Å²) in [5.41, 5.74) is 2.29. The van der Waals surface area contributed by atoms with E-state index in [0.29, 0.717) is 10.9 Å². The highest BCUT2D eigenvalue weighted by atomic mass is 35.5. The Balaban J connectivity index is 2.17. The zero-order valence-corrected chi connectivity index (χ0v) is 11.9. The van der Waals surface area contributed by atoms with Gasteiger partial charge in [0.15, 0.2) is 0 Å². The van der Waals surface area contributed by atoms with Gasteiger partial charge in [0.05, 0.1) is 5.69 Å². The lowest BCUT2D eigenvalue weighted by atomic mass is 9.98. The monoisotopic (exact) mass is 282 g/mol. The molecule has 0 fully saturated rings. The topological polar surface area (TPSA) is 43.1 Å². The Labute approximate surface area is 115 Å². The fourth-order valence-electron chi connectivity index (χ4n) is 2.41. The summed E-state index contributed by atoms with van der Waals surface area (Å²) in [6.07, 6.45) is 8.91. The zero-order valence-electron chi connectivity index (χ0n) is 10.3. The highest BCUT2D eigenvalue weighted by Crippen LogP contribution is 2.26. The van der Waals surface area contributed by atoms with Gasteiger partial charge in [-0.2, -0.15) is 9.50 Å². The van der Waals surface area contributed by atoms with Crippen LogP contribution in [0.1, 0.15) is 36.9 Å². The van der Waals surface area contributed by atoms with Crippen molar-refractivity contribution in [3.63, 3.8) is 0 Å². The van der Waals surface area contributed by atoms with E-state index in [0.717, 1.165) is 23.7 Å². The maximum Gasteiger partial charge on any atom is 0.254 e. The molecule has 4 nitrogen and oxygen atoms in total. The van der Waals surface area contributed by atoms with E-state index >= 15 is 0 Å². The van der Waals surface area contributed by atoms with Crippen molar-refractivity contribution in [3.8, 4) is 0 Å². The molecule has 0 radical (unpaired) electrons. The smallest absolute Gasteiger partial charge is 0.216 e. The second kappa shape index (κ2) is 5.05. The molecule has 2 aromatic heterocycles. The lowest BCUT2D eigenvalue weighted by Gasteiger charge is -2.14. The fraction of sp³-hybridized carbons (Fsp3) is 0.583. The Morgan fingerprint density at radius 2 is 1.89 bits per heavy atom. The molecule has 3 rings (SSSR count). The maximum atomic E-state index is 6.47. The molecule has 6 heteroatoms. The first kappa shape index (κ1) is 12.2. The van der Waals surface area contributed by atoms with E-state index in [2.05, 4.69) is 15.1 Å². The summed E-state index contributed by atoms with van der Waals surface area (Å²) >= 11 is 7.98. The Bertz CT molecular complexity index is 581. The van der Waals surface area contributed by atoms with E-state index in [1.54, 1.807) is 4.52 Å². The number of halogens is 1. The van der Waals surface area contributed by atoms with Crippen molar-refractivity contribution < 1.29 is 0 Å². The first-order valence-corrected chi connectivity index (χ1v) is 7.88. The molecule has 0 atom stereocenters. The Hall–Kier alpha value is -0.810. The molecule has 0 aliphatic heterocycles. The highest BCUT2D eigenvalue weighted by molar-refractivity contribution is 7.98. The van der Waals surface area contributed by atoms with E-state index in [-0.39, 0.29) is 0 Å². The Morgan fingerprint density at radius 3 is 2.67 bits per heavy atom. The fourth-order valence-corrected chi connectivity index (χ4v) is 3.07. The van der Waals surface area contributed by atoms with Gasteiger partial charge >= 0.3 is 0 Å². The summed E-state index contributed by atoms with van der Waals surface area (Å²) in [7, 11) is 0. The third kappa shape index (κ3) is 2.10. The number of nitrogens with zero attached hydrogens (tertiary/aromatic N) is 4. The van der Waals surface area contributed by atoms with E-state index < -0.39 is 0 Å². The molecule has 1 aliphatic carbocycles. The summed E-state index contributed by atoms with van der Waals surface area (Å²) in [5.74, 6) is 0.628. The molecular formula is C12H15ClN4S. The normalized spacial score (nSPS) is 16.3. The summed E-state index contributed by atoms with van der Waals surface area (Å²) in [6.45, 7) is 0. The van der Waals surface area contributed by atoms with E-state index in [1.807, 2.05) is 6.26 Å². The summed E-state index contributed by atoms with van der Waals surface area (Å²) < 4.78 is 1.67. The third-order valence-corrected chi connectivity index (χ3v) is 4.29. The van der Waals surface area contributed by atoms with Gasteiger partial charge < -0.3 is 0 Å². The molecule has 0 bridgehead atoms. The first-order chi connectivity index (χ1) is 8.79. The first-order valence-electron chi connectivity index (χ1n) is 6.27. The maximum absolute atomic E-state index is 6.47. The van der Waals surface area contributed by atoms with Gasteiger partial charge in [-0.3, -0.25) is 0 Å². The summed E-state index contributed by atoms with van der Waals surface area (Å²) in [6, 6.07) is 0. The molecular weight excluding hydrogens is 268 g/mol. The minimum atomic E-state index is 0.628. The van der Waals surface area contributed by atoms with Crippen LogP contribution in [0.15, 0.2) is 5.16 Å². The molecule has 0 aromatic carbocycles. The van der Waals surface area contributed by atoms with E-state index in [9.17, 15) is 0 Å². The predicted molar refractivity (Wildman–Crippen MR) is 73.4 cm³/mol. The van der Waals surface area contributed by atoms with Crippen molar-refractivity contribution in [2.24, 2.45) is 0 Å². The molecule has 96 valence electrons. The van der Waals surface area contributed by atoms with Crippen LogP contribution in [0.4, 0.5) is 0 Å². The molecule has 0 unspecified atom stereocenters. The Morgan fingerprint density at radius 1 is 1.11 bits per heavy atom. The lowest BCUT2D eigenvalue weighted by molar-refractivity contribution is 0.605. The molecule has 2 aromatic rings. The van der Waals surface area contributed by atoms with Gasteiger partial charge in [-0.15, -0.1) is 5.10 Å². The minimum Gasteiger partial charge on any atom is -0.216 e. The minimum absolute atomic E-state index is 0.628. The van der Waals surface area contributed by atoms with Gasteiger partial charge in [-0.05, 0) is 31.9 Å². The number of rotatable bonds is 1. The molecule has 0 amide bonds. The van der Waals surface area contributed by atoms with Crippen LogP contribution in [-0.4, -0.2) is 25.8 Å². The van der Waals surface area contributed by atoms with Crippen LogP contribution in [0.2, 0.25) is 5.15 Å². The average Bonchev–Trinajstić information content (AvgIpc) is 2.75. The van der Waals surface area contributed by atoms with Gasteiger partial charge in [0.25, 0.3) is 5.78 Å². The van der Waals surface area contributed by atoms with Crippen molar-refractivity contribution in [1.82, 2.24) is 19.6 Å². The zero-order chi connectivity index (χ0) is 12.5. The van der Waals surface area contributed by atoms with Gasteiger partial charge in [0.2, 0.25) is 5.16 Å². The molecule has 0 saturated heterocycles. The van der Waals surface area contributed by atoms with Crippen LogP contribution < -0.4 is 0 Å². The van der Waals surface area contributed by atoms with Crippen molar-refractivity contribution in [2.75, 3.05) is 6.26 Å². The molecule has 0 spiro atoms. The van der Waals surface area contributed by atoms with Crippen molar-refractivity contribution in [3.05, 3.63) is 16.4 Å². The van der Waals surface area contributed by atoms with Crippen LogP contribution in [0.5, 0.6) is 0 Å². The van der Waals surface area contributed by atoms with Crippen LogP contribution >= 0.6 is 23.4 Å². The number of fused-ring (bicyclic) bond motifs is 2. The van der Waals surface area contributed by atoms with Crippen molar-refractivity contribution >= 4 is 29.1 Å². The highest BCUT2D eigenvalue weighted by Gasteiger charge is 2.17. The number of hydrogen-bond donors (Lipinski definition) is 0. The molecule has 18 heavy (non-hydrogen) atoms. The van der Waals surface area contributed by atoms with Gasteiger partial charge in [-0.25, -0.2) is 4.98 Å². The van der Waals surface area contributed by atoms with Crippen LogP contribution in [0, 0.1) is 0 Å². The SMILES string of the molecule is CSc1nc2nc3c(c(Cl)n2n1)CCCCCC3. The van der Waals surface area contributed by atoms with Gasteiger partial charge in [0.1, 0.15) is 5.15 Å². The van der Waals surface area contributed by atoms with E-state index in [4.69, 9.17) is 11.6 Å². The van der Waals surface area contributed by atoms with Crippen LogP contribution in [0.25, 0.3) is 5.78 Å². The van der Waals surface area contributed by atoms with Crippen molar-refractivity contribution in [1.29, 1.82) is 0 Å². The summed E-state index contributed by atoms with van der Waals surface area (Å²) in [4.78, 5) is 9.01. The molecule has 1 aliphatic rings. The van der Waals surface area contributed by atoms with E-state index in [1.165, 1.54) is 43.0 Å². The van der Waals surface area contributed by atoms with Crippen molar-refractivity contribution in [2.45, 2.75) is 43.7 Å². The summed E-state index contributed by atoms with van der Waals surface area (Å²) in [5, 5.41) is 5.79. The number of thioether (sulfide) groups is 1. The predicted octanol–water partition coefficient (Wildman–Crippen LogP) is 3.16.